The fraction of sp³-hybridized carbons (Fsp3) is 0.231. The van der Waals surface area contributed by atoms with Crippen LogP contribution in [0.25, 0.3) is 10.9 Å². The molecule has 0 radical (unpaired) electrons. The highest BCUT2D eigenvalue weighted by Crippen LogP contribution is 2.35. The molecule has 0 atom stereocenters. The van der Waals surface area contributed by atoms with Gasteiger partial charge in [-0.25, -0.2) is 9.78 Å². The van der Waals surface area contributed by atoms with E-state index in [1.807, 2.05) is 0 Å². The summed E-state index contributed by atoms with van der Waals surface area (Å²) in [6.45, 7) is 1.53. The van der Waals surface area contributed by atoms with Crippen molar-refractivity contribution < 1.29 is 27.8 Å². The van der Waals surface area contributed by atoms with Crippen molar-refractivity contribution in [2.24, 2.45) is 0 Å². The fourth-order valence-corrected chi connectivity index (χ4v) is 2.01. The Morgan fingerprint density at radius 3 is 2.50 bits per heavy atom. The first-order chi connectivity index (χ1) is 9.25. The molecule has 4 nitrogen and oxygen atoms in total. The molecule has 0 saturated heterocycles. The molecule has 0 amide bonds. The summed E-state index contributed by atoms with van der Waals surface area (Å²) in [7, 11) is 1.25. The van der Waals surface area contributed by atoms with Gasteiger partial charge in [-0.2, -0.15) is 13.2 Å². The monoisotopic (exact) mass is 285 g/mol. The molecule has 1 aromatic carbocycles. The maximum absolute atomic E-state index is 12.7. The van der Waals surface area contributed by atoms with Gasteiger partial charge in [0.2, 0.25) is 0 Å². The van der Waals surface area contributed by atoms with Gasteiger partial charge in [0.25, 0.3) is 0 Å². The number of carboxylic acid groups (broad SMARTS) is 1. The van der Waals surface area contributed by atoms with Gasteiger partial charge in [-0.1, -0.05) is 0 Å². The lowest BCUT2D eigenvalue weighted by atomic mass is 10.0. The van der Waals surface area contributed by atoms with Crippen molar-refractivity contribution in [1.29, 1.82) is 0 Å². The second kappa shape index (κ2) is 4.66. The highest BCUT2D eigenvalue weighted by atomic mass is 19.4. The minimum Gasteiger partial charge on any atom is -0.494 e. The van der Waals surface area contributed by atoms with E-state index in [0.717, 1.165) is 18.2 Å². The summed E-state index contributed by atoms with van der Waals surface area (Å²) in [5, 5.41) is 9.12. The van der Waals surface area contributed by atoms with Crippen LogP contribution < -0.4 is 4.74 Å². The number of carboxylic acids is 1. The molecule has 1 heterocycles. The van der Waals surface area contributed by atoms with Crippen LogP contribution in [0.2, 0.25) is 0 Å². The molecular weight excluding hydrogens is 275 g/mol. The molecule has 1 N–H and O–H groups in total. The van der Waals surface area contributed by atoms with Crippen LogP contribution in [-0.4, -0.2) is 23.2 Å². The largest absolute Gasteiger partial charge is 0.494 e. The molecule has 0 saturated carbocycles. The van der Waals surface area contributed by atoms with Crippen molar-refractivity contribution in [3.63, 3.8) is 0 Å². The van der Waals surface area contributed by atoms with E-state index in [0.29, 0.717) is 5.69 Å². The van der Waals surface area contributed by atoms with Crippen LogP contribution in [-0.2, 0) is 6.18 Å². The van der Waals surface area contributed by atoms with Gasteiger partial charge in [0, 0.05) is 5.39 Å². The van der Waals surface area contributed by atoms with E-state index in [-0.39, 0.29) is 22.2 Å². The smallest absolute Gasteiger partial charge is 0.416 e. The first-order valence-corrected chi connectivity index (χ1v) is 5.54. The van der Waals surface area contributed by atoms with Crippen molar-refractivity contribution in [3.05, 3.63) is 35.0 Å². The van der Waals surface area contributed by atoms with Crippen molar-refractivity contribution in [1.82, 2.24) is 4.98 Å². The highest BCUT2D eigenvalue weighted by molar-refractivity contribution is 6.05. The number of methoxy groups -OCH3 is 1. The predicted octanol–water partition coefficient (Wildman–Crippen LogP) is 3.27. The zero-order valence-electron chi connectivity index (χ0n) is 10.6. The van der Waals surface area contributed by atoms with Crippen molar-refractivity contribution in [2.45, 2.75) is 13.1 Å². The summed E-state index contributed by atoms with van der Waals surface area (Å²) in [4.78, 5) is 15.4. The average molecular weight is 285 g/mol. The Morgan fingerprint density at radius 1 is 1.35 bits per heavy atom. The molecule has 0 fully saturated rings. The molecule has 0 aliphatic rings. The van der Waals surface area contributed by atoms with Crippen LogP contribution in [0.3, 0.4) is 0 Å². The van der Waals surface area contributed by atoms with Gasteiger partial charge in [-0.05, 0) is 25.1 Å². The number of benzene rings is 1. The molecule has 2 rings (SSSR count). The van der Waals surface area contributed by atoms with Gasteiger partial charge in [-0.15, -0.1) is 0 Å². The van der Waals surface area contributed by atoms with Crippen LogP contribution in [0.4, 0.5) is 13.2 Å². The summed E-state index contributed by atoms with van der Waals surface area (Å²) in [6, 6.07) is 2.79. The van der Waals surface area contributed by atoms with Gasteiger partial charge >= 0.3 is 12.1 Å². The molecule has 20 heavy (non-hydrogen) atoms. The van der Waals surface area contributed by atoms with Crippen LogP contribution in [0.1, 0.15) is 21.6 Å². The molecule has 0 bridgehead atoms. The number of fused-ring (bicyclic) bond motifs is 1. The molecule has 0 unspecified atom stereocenters. The number of nitrogens with zero attached hydrogens (tertiary/aromatic N) is 1. The van der Waals surface area contributed by atoms with E-state index in [9.17, 15) is 23.1 Å². The number of ether oxygens (including phenoxy) is 1. The quantitative estimate of drug-likeness (QED) is 0.920. The van der Waals surface area contributed by atoms with E-state index in [4.69, 9.17) is 4.74 Å². The molecular formula is C13H10F3NO3. The fourth-order valence-electron chi connectivity index (χ4n) is 2.01. The Morgan fingerprint density at radius 2 is 2.00 bits per heavy atom. The van der Waals surface area contributed by atoms with Gasteiger partial charge in [0.05, 0.1) is 23.9 Å². The first-order valence-electron chi connectivity index (χ1n) is 5.54. The Bertz CT molecular complexity index is 695. The molecule has 106 valence electrons. The minimum absolute atomic E-state index is 0.0377. The van der Waals surface area contributed by atoms with Crippen LogP contribution in [0, 0.1) is 6.92 Å². The number of aromatic nitrogens is 1. The molecule has 0 aliphatic heterocycles. The van der Waals surface area contributed by atoms with Gasteiger partial charge in [0.1, 0.15) is 5.56 Å². The third-order valence-electron chi connectivity index (χ3n) is 2.86. The topological polar surface area (TPSA) is 59.4 Å². The van der Waals surface area contributed by atoms with Crippen LogP contribution >= 0.6 is 0 Å². The standard InChI is InChI=1S/C13H10F3NO3/c1-6-11(20-2)10(12(18)19)8-5-7(13(14,15)16)3-4-9(8)17-6/h3-5H,1-2H3,(H,18,19). The second-order valence-corrected chi connectivity index (χ2v) is 4.14. The molecule has 7 heteroatoms. The number of hydrogen-bond acceptors (Lipinski definition) is 3. The van der Waals surface area contributed by atoms with E-state index in [2.05, 4.69) is 4.98 Å². The van der Waals surface area contributed by atoms with E-state index < -0.39 is 17.7 Å². The lowest BCUT2D eigenvalue weighted by molar-refractivity contribution is -0.137. The Hall–Kier alpha value is -2.31. The van der Waals surface area contributed by atoms with E-state index >= 15 is 0 Å². The maximum Gasteiger partial charge on any atom is 0.416 e. The highest BCUT2D eigenvalue weighted by Gasteiger charge is 2.31. The Kier molecular flexibility index (Phi) is 3.29. The summed E-state index contributed by atoms with van der Waals surface area (Å²) >= 11 is 0. The normalized spacial score (nSPS) is 11.7. The lowest BCUT2D eigenvalue weighted by Gasteiger charge is -2.13. The second-order valence-electron chi connectivity index (χ2n) is 4.14. The number of aryl methyl sites for hydroxylation is 1. The summed E-state index contributed by atoms with van der Waals surface area (Å²) in [5.74, 6) is -1.40. The summed E-state index contributed by atoms with van der Waals surface area (Å²) in [5.41, 5.74) is -0.771. The van der Waals surface area contributed by atoms with E-state index in [1.54, 1.807) is 0 Å². The number of carbonyl (C=O) groups is 1. The third kappa shape index (κ3) is 2.26. The van der Waals surface area contributed by atoms with Gasteiger partial charge in [0.15, 0.2) is 5.75 Å². The van der Waals surface area contributed by atoms with Gasteiger partial charge in [-0.3, -0.25) is 0 Å². The number of pyridine rings is 1. The minimum atomic E-state index is -4.55. The van der Waals surface area contributed by atoms with Gasteiger partial charge < -0.3 is 9.84 Å². The third-order valence-corrected chi connectivity index (χ3v) is 2.86. The average Bonchev–Trinajstić information content (AvgIpc) is 2.35. The van der Waals surface area contributed by atoms with Crippen LogP contribution in [0.15, 0.2) is 18.2 Å². The summed E-state index contributed by atoms with van der Waals surface area (Å²) in [6.07, 6.45) is -4.55. The number of alkyl halides is 3. The summed E-state index contributed by atoms with van der Waals surface area (Å²) < 4.78 is 43.1. The zero-order chi connectivity index (χ0) is 15.1. The van der Waals surface area contributed by atoms with Crippen molar-refractivity contribution >= 4 is 16.9 Å². The molecule has 0 aliphatic carbocycles. The lowest BCUT2D eigenvalue weighted by Crippen LogP contribution is -2.08. The van der Waals surface area contributed by atoms with Crippen molar-refractivity contribution in [3.8, 4) is 5.75 Å². The number of rotatable bonds is 2. The molecule has 0 spiro atoms. The maximum atomic E-state index is 12.7. The Balaban J connectivity index is 2.88. The SMILES string of the molecule is COc1c(C)nc2ccc(C(F)(F)F)cc2c1C(=O)O. The number of aromatic carboxylic acids is 1. The molecule has 1 aromatic heterocycles. The number of halogens is 3. The molecule has 2 aromatic rings. The first kappa shape index (κ1) is 14.1. The predicted molar refractivity (Wildman–Crippen MR) is 65.0 cm³/mol. The van der Waals surface area contributed by atoms with E-state index in [1.165, 1.54) is 14.0 Å². The Labute approximate surface area is 111 Å². The van der Waals surface area contributed by atoms with Crippen molar-refractivity contribution in [2.75, 3.05) is 7.11 Å². The van der Waals surface area contributed by atoms with Crippen LogP contribution in [0.5, 0.6) is 5.75 Å². The number of hydrogen-bond donors (Lipinski definition) is 1. The zero-order valence-corrected chi connectivity index (χ0v) is 10.6.